The third kappa shape index (κ3) is 5.28. The van der Waals surface area contributed by atoms with Gasteiger partial charge in [-0.1, -0.05) is 36.4 Å². The highest BCUT2D eigenvalue weighted by Gasteiger charge is 2.30. The molecule has 2 aromatic carbocycles. The van der Waals surface area contributed by atoms with Gasteiger partial charge in [0.15, 0.2) is 0 Å². The molecule has 0 heterocycles. The van der Waals surface area contributed by atoms with Gasteiger partial charge in [-0.25, -0.2) is 0 Å². The summed E-state index contributed by atoms with van der Waals surface area (Å²) in [5, 5.41) is 0. The molecule has 0 amide bonds. The van der Waals surface area contributed by atoms with Crippen LogP contribution in [-0.2, 0) is 6.18 Å². The minimum atomic E-state index is -4.36. The predicted octanol–water partition coefficient (Wildman–Crippen LogP) is 4.43. The third-order valence-corrected chi connectivity index (χ3v) is 3.47. The van der Waals surface area contributed by atoms with Gasteiger partial charge in [0.1, 0.15) is 5.75 Å². The van der Waals surface area contributed by atoms with Crippen LogP contribution in [0.3, 0.4) is 0 Å². The lowest BCUT2D eigenvalue weighted by molar-refractivity contribution is -0.137. The molecule has 0 radical (unpaired) electrons. The average Bonchev–Trinajstić information content (AvgIpc) is 2.51. The smallest absolute Gasteiger partial charge is 0.416 e. The first-order chi connectivity index (χ1) is 10.9. The maximum atomic E-state index is 12.7. The molecule has 0 saturated heterocycles. The Morgan fingerprint density at radius 1 is 1.00 bits per heavy atom. The summed E-state index contributed by atoms with van der Waals surface area (Å²) in [6.45, 7) is 1.08. The first kappa shape index (κ1) is 17.3. The van der Waals surface area contributed by atoms with Gasteiger partial charge in [0.25, 0.3) is 0 Å². The van der Waals surface area contributed by atoms with Crippen molar-refractivity contribution in [3.05, 3.63) is 65.7 Å². The van der Waals surface area contributed by atoms with Crippen molar-refractivity contribution in [1.82, 2.24) is 4.90 Å². The lowest BCUT2D eigenvalue weighted by atomic mass is 9.99. The molecule has 0 aliphatic carbocycles. The molecule has 0 aliphatic heterocycles. The van der Waals surface area contributed by atoms with Crippen LogP contribution in [0.2, 0.25) is 0 Å². The fourth-order valence-electron chi connectivity index (χ4n) is 2.38. The Morgan fingerprint density at radius 2 is 1.70 bits per heavy atom. The van der Waals surface area contributed by atoms with Gasteiger partial charge in [0.05, 0.1) is 12.2 Å². The molecule has 0 bridgehead atoms. The Kier molecular flexibility index (Phi) is 5.66. The van der Waals surface area contributed by atoms with E-state index in [-0.39, 0.29) is 11.7 Å². The van der Waals surface area contributed by atoms with Crippen LogP contribution >= 0.6 is 0 Å². The molecule has 0 fully saturated rings. The molecule has 0 N–H and O–H groups in total. The monoisotopic (exact) mass is 323 g/mol. The van der Waals surface area contributed by atoms with Crippen LogP contribution in [0.1, 0.15) is 17.0 Å². The molecule has 23 heavy (non-hydrogen) atoms. The van der Waals surface area contributed by atoms with E-state index in [1.54, 1.807) is 6.07 Å². The number of likely N-dealkylation sites (N-methyl/N-ethyl adjacent to an activating group) is 1. The summed E-state index contributed by atoms with van der Waals surface area (Å²) < 4.78 is 43.9. The van der Waals surface area contributed by atoms with E-state index in [1.807, 2.05) is 49.3 Å². The minimum Gasteiger partial charge on any atom is -0.493 e. The summed E-state index contributed by atoms with van der Waals surface area (Å²) in [5.74, 6) is 0.320. The molecule has 0 spiro atoms. The Labute approximate surface area is 134 Å². The van der Waals surface area contributed by atoms with Crippen LogP contribution in [0.25, 0.3) is 0 Å². The van der Waals surface area contributed by atoms with Gasteiger partial charge in [-0.05, 0) is 37.9 Å². The van der Waals surface area contributed by atoms with Gasteiger partial charge >= 0.3 is 6.18 Å². The normalized spacial score (nSPS) is 13.1. The maximum absolute atomic E-state index is 12.7. The molecular formula is C18H20F3NO. The van der Waals surface area contributed by atoms with Crippen molar-refractivity contribution in [2.24, 2.45) is 0 Å². The summed E-state index contributed by atoms with van der Waals surface area (Å²) in [5.41, 5.74) is 0.409. The van der Waals surface area contributed by atoms with Crippen LogP contribution in [0.5, 0.6) is 5.75 Å². The van der Waals surface area contributed by atoms with Crippen molar-refractivity contribution in [1.29, 1.82) is 0 Å². The lowest BCUT2D eigenvalue weighted by Gasteiger charge is -2.22. The number of rotatable bonds is 6. The molecule has 0 aliphatic rings. The van der Waals surface area contributed by atoms with Crippen molar-refractivity contribution in [2.45, 2.75) is 12.1 Å². The average molecular weight is 323 g/mol. The SMILES string of the molecule is CN(C)CC(COc1cccc(C(F)(F)F)c1)c1ccccc1. The van der Waals surface area contributed by atoms with E-state index in [2.05, 4.69) is 0 Å². The summed E-state index contributed by atoms with van der Waals surface area (Å²) in [6.07, 6.45) is -4.36. The minimum absolute atomic E-state index is 0.0840. The van der Waals surface area contributed by atoms with E-state index in [0.29, 0.717) is 6.61 Å². The molecule has 2 rings (SSSR count). The highest BCUT2D eigenvalue weighted by atomic mass is 19.4. The molecular weight excluding hydrogens is 303 g/mol. The summed E-state index contributed by atoms with van der Waals surface area (Å²) in [4.78, 5) is 2.03. The van der Waals surface area contributed by atoms with Gasteiger partial charge in [-0.3, -0.25) is 0 Å². The second-order valence-electron chi connectivity index (χ2n) is 5.71. The van der Waals surface area contributed by atoms with Gasteiger partial charge in [-0.15, -0.1) is 0 Å². The number of nitrogens with zero attached hydrogens (tertiary/aromatic N) is 1. The van der Waals surface area contributed by atoms with E-state index in [0.717, 1.165) is 24.2 Å². The van der Waals surface area contributed by atoms with Crippen LogP contribution < -0.4 is 4.74 Å². The number of halogens is 3. The second-order valence-corrected chi connectivity index (χ2v) is 5.71. The van der Waals surface area contributed by atoms with Crippen LogP contribution in [-0.4, -0.2) is 32.1 Å². The van der Waals surface area contributed by atoms with Gasteiger partial charge in [0, 0.05) is 12.5 Å². The van der Waals surface area contributed by atoms with E-state index in [1.165, 1.54) is 6.07 Å². The number of hydrogen-bond donors (Lipinski definition) is 0. The fraction of sp³-hybridized carbons (Fsp3) is 0.333. The molecule has 124 valence electrons. The Morgan fingerprint density at radius 3 is 2.30 bits per heavy atom. The zero-order valence-electron chi connectivity index (χ0n) is 13.2. The zero-order valence-corrected chi connectivity index (χ0v) is 13.2. The Balaban J connectivity index is 2.10. The quantitative estimate of drug-likeness (QED) is 0.780. The first-order valence-corrected chi connectivity index (χ1v) is 7.36. The summed E-state index contributed by atoms with van der Waals surface area (Å²) in [7, 11) is 3.92. The van der Waals surface area contributed by atoms with E-state index >= 15 is 0 Å². The molecule has 0 aromatic heterocycles. The third-order valence-electron chi connectivity index (χ3n) is 3.47. The van der Waals surface area contributed by atoms with Crippen molar-refractivity contribution in [3.63, 3.8) is 0 Å². The van der Waals surface area contributed by atoms with Gasteiger partial charge in [-0.2, -0.15) is 13.2 Å². The topological polar surface area (TPSA) is 12.5 Å². The Bertz CT molecular complexity index is 611. The molecule has 5 heteroatoms. The molecule has 0 saturated carbocycles. The van der Waals surface area contributed by atoms with Crippen molar-refractivity contribution in [3.8, 4) is 5.75 Å². The molecule has 2 aromatic rings. The Hall–Kier alpha value is -2.01. The summed E-state index contributed by atoms with van der Waals surface area (Å²) >= 11 is 0. The van der Waals surface area contributed by atoms with Crippen LogP contribution in [0.15, 0.2) is 54.6 Å². The number of ether oxygens (including phenoxy) is 1. The van der Waals surface area contributed by atoms with Gasteiger partial charge < -0.3 is 9.64 Å². The number of alkyl halides is 3. The fourth-order valence-corrected chi connectivity index (χ4v) is 2.38. The van der Waals surface area contributed by atoms with Crippen molar-refractivity contribution < 1.29 is 17.9 Å². The van der Waals surface area contributed by atoms with Crippen LogP contribution in [0.4, 0.5) is 13.2 Å². The van der Waals surface area contributed by atoms with Crippen LogP contribution in [0, 0.1) is 0 Å². The van der Waals surface area contributed by atoms with E-state index < -0.39 is 11.7 Å². The molecule has 1 unspecified atom stereocenters. The molecule has 2 nitrogen and oxygen atoms in total. The number of hydrogen-bond acceptors (Lipinski definition) is 2. The van der Waals surface area contributed by atoms with Crippen molar-refractivity contribution >= 4 is 0 Å². The largest absolute Gasteiger partial charge is 0.493 e. The zero-order chi connectivity index (χ0) is 16.9. The standard InChI is InChI=1S/C18H20F3NO/c1-22(2)12-15(14-7-4-3-5-8-14)13-23-17-10-6-9-16(11-17)18(19,20)21/h3-11,15H,12-13H2,1-2H3. The van der Waals surface area contributed by atoms with E-state index in [4.69, 9.17) is 4.74 Å². The predicted molar refractivity (Wildman–Crippen MR) is 84.7 cm³/mol. The molecule has 1 atom stereocenters. The maximum Gasteiger partial charge on any atom is 0.416 e. The van der Waals surface area contributed by atoms with Crippen molar-refractivity contribution in [2.75, 3.05) is 27.2 Å². The highest BCUT2D eigenvalue weighted by Crippen LogP contribution is 2.31. The van der Waals surface area contributed by atoms with E-state index in [9.17, 15) is 13.2 Å². The highest BCUT2D eigenvalue weighted by molar-refractivity contribution is 5.30. The first-order valence-electron chi connectivity index (χ1n) is 7.36. The summed E-state index contributed by atoms with van der Waals surface area (Å²) in [6, 6.07) is 14.8. The van der Waals surface area contributed by atoms with Gasteiger partial charge in [0.2, 0.25) is 0 Å². The number of benzene rings is 2. The lowest BCUT2D eigenvalue weighted by Crippen LogP contribution is -2.24. The second kappa shape index (κ2) is 7.51.